The van der Waals surface area contributed by atoms with Crippen molar-refractivity contribution >= 4 is 70.8 Å². The number of hydrogen-bond donors (Lipinski definition) is 0. The van der Waals surface area contributed by atoms with E-state index < -0.39 is 0 Å². The zero-order chi connectivity index (χ0) is 39.0. The van der Waals surface area contributed by atoms with Gasteiger partial charge in [0.05, 0.1) is 0 Å². The molecule has 0 atom stereocenters. The summed E-state index contributed by atoms with van der Waals surface area (Å²) < 4.78 is 0. The Morgan fingerprint density at radius 2 is 0.607 bits per heavy atom. The molecule has 0 aliphatic rings. The van der Waals surface area contributed by atoms with E-state index in [1.54, 1.807) is 0 Å². The summed E-state index contributed by atoms with van der Waals surface area (Å²) in [4.78, 5) is 0. The molecule has 0 saturated heterocycles. The minimum absolute atomic E-state index is 0.735. The van der Waals surface area contributed by atoms with E-state index in [1.807, 2.05) is 36.4 Å². The van der Waals surface area contributed by atoms with Gasteiger partial charge in [0, 0.05) is 10.0 Å². The lowest BCUT2D eigenvalue weighted by atomic mass is 9.88. The van der Waals surface area contributed by atoms with Crippen molar-refractivity contribution in [2.45, 2.75) is 27.7 Å². The van der Waals surface area contributed by atoms with Gasteiger partial charge in [-0.25, -0.2) is 0 Å². The van der Waals surface area contributed by atoms with Gasteiger partial charge in [0.25, 0.3) is 0 Å². The van der Waals surface area contributed by atoms with Gasteiger partial charge in [-0.15, -0.1) is 0 Å². The molecule has 0 saturated carbocycles. The van der Waals surface area contributed by atoms with Gasteiger partial charge in [-0.2, -0.15) is 0 Å². The Hall–Kier alpha value is -5.92. The first-order valence-corrected chi connectivity index (χ1v) is 19.7. The monoisotopic (exact) mass is 762 g/mol. The van der Waals surface area contributed by atoms with Crippen LogP contribution in [-0.4, -0.2) is 0 Å². The van der Waals surface area contributed by atoms with Crippen molar-refractivity contribution in [1.82, 2.24) is 0 Å². The van der Waals surface area contributed by atoms with Gasteiger partial charge < -0.3 is 0 Å². The van der Waals surface area contributed by atoms with Crippen LogP contribution in [0.1, 0.15) is 77.9 Å². The Labute approximate surface area is 342 Å². The molecule has 0 aliphatic carbocycles. The second-order valence-electron chi connectivity index (χ2n) is 14.2. The number of halogens is 2. The highest BCUT2D eigenvalue weighted by Gasteiger charge is 2.12. The SMILES string of the molecule is Cc1c(C)c(/C=C/c2ccc(/C=C(\c3ccccc3)c3ccc(Cl)cc3)cc2)c(C)c(C)c1/C=C/c1ccc(/C=C(\c2ccccc2)c2ccc(Cl)cc2)cc1. The van der Waals surface area contributed by atoms with E-state index in [0.29, 0.717) is 0 Å². The highest BCUT2D eigenvalue weighted by molar-refractivity contribution is 6.31. The molecule has 7 aromatic rings. The quantitative estimate of drug-likeness (QED) is 0.122. The predicted molar refractivity (Wildman–Crippen MR) is 246 cm³/mol. The molecule has 0 heterocycles. The summed E-state index contributed by atoms with van der Waals surface area (Å²) in [7, 11) is 0. The van der Waals surface area contributed by atoms with Crippen molar-refractivity contribution in [3.8, 4) is 0 Å². The standard InChI is InChI=1S/C54H44Cl2/c1-37-38(2)52(34-24-42-17-21-44(22-18-42)36-54(46-13-9-6-10-14-46)48-27-31-50(56)32-28-48)40(4)39(3)51(37)33-23-41-15-19-43(20-16-41)35-53(45-11-7-5-8-12-45)47-25-29-49(55)30-26-47/h5-36H,1-4H3/b33-23+,34-24+,53-35+,54-36+. The van der Waals surface area contributed by atoms with Crippen LogP contribution >= 0.6 is 23.2 Å². The maximum absolute atomic E-state index is 6.21. The van der Waals surface area contributed by atoms with Crippen molar-refractivity contribution in [2.24, 2.45) is 0 Å². The van der Waals surface area contributed by atoms with Crippen LogP contribution in [0.2, 0.25) is 10.0 Å². The third-order valence-electron chi connectivity index (χ3n) is 10.6. The number of benzene rings is 7. The molecule has 0 aliphatic heterocycles. The molecule has 0 aromatic heterocycles. The number of hydrogen-bond acceptors (Lipinski definition) is 0. The van der Waals surface area contributed by atoms with Gasteiger partial charge in [-0.1, -0.05) is 181 Å². The van der Waals surface area contributed by atoms with Gasteiger partial charge in [0.1, 0.15) is 0 Å². The highest BCUT2D eigenvalue weighted by atomic mass is 35.5. The lowest BCUT2D eigenvalue weighted by Crippen LogP contribution is -1.99. The summed E-state index contributed by atoms with van der Waals surface area (Å²) in [6, 6.07) is 54.6. The van der Waals surface area contributed by atoms with Crippen LogP contribution < -0.4 is 0 Å². The minimum Gasteiger partial charge on any atom is -0.0843 e. The minimum atomic E-state index is 0.735. The van der Waals surface area contributed by atoms with Crippen molar-refractivity contribution < 1.29 is 0 Å². The summed E-state index contributed by atoms with van der Waals surface area (Å²) in [5.74, 6) is 0. The molecule has 0 nitrogen and oxygen atoms in total. The Morgan fingerprint density at radius 3 is 0.929 bits per heavy atom. The summed E-state index contributed by atoms with van der Waals surface area (Å²) in [5.41, 5.74) is 19.3. The van der Waals surface area contributed by atoms with Crippen LogP contribution in [0, 0.1) is 27.7 Å². The third-order valence-corrected chi connectivity index (χ3v) is 11.1. The fourth-order valence-corrected chi connectivity index (χ4v) is 7.38. The maximum atomic E-state index is 6.21. The van der Waals surface area contributed by atoms with Crippen LogP contribution in [0.25, 0.3) is 47.6 Å². The van der Waals surface area contributed by atoms with E-state index >= 15 is 0 Å². The second kappa shape index (κ2) is 17.7. The van der Waals surface area contributed by atoms with Crippen molar-refractivity contribution in [3.05, 3.63) is 246 Å². The van der Waals surface area contributed by atoms with Crippen molar-refractivity contribution in [3.63, 3.8) is 0 Å². The average molecular weight is 764 g/mol. The van der Waals surface area contributed by atoms with E-state index in [0.717, 1.165) is 54.6 Å². The smallest absolute Gasteiger partial charge is 0.0406 e. The van der Waals surface area contributed by atoms with Gasteiger partial charge in [0.15, 0.2) is 0 Å². The molecule has 0 N–H and O–H groups in total. The molecule has 7 rings (SSSR count). The number of rotatable bonds is 10. The Kier molecular flexibility index (Phi) is 12.1. The summed E-state index contributed by atoms with van der Waals surface area (Å²) in [6.45, 7) is 8.95. The van der Waals surface area contributed by atoms with Crippen LogP contribution in [0.4, 0.5) is 0 Å². The lowest BCUT2D eigenvalue weighted by Gasteiger charge is -2.17. The zero-order valence-electron chi connectivity index (χ0n) is 32.2. The van der Waals surface area contributed by atoms with E-state index in [9.17, 15) is 0 Å². The Bertz CT molecular complexity index is 2340. The molecule has 0 unspecified atom stereocenters. The van der Waals surface area contributed by atoms with Gasteiger partial charge in [-0.3, -0.25) is 0 Å². The molecular weight excluding hydrogens is 719 g/mol. The van der Waals surface area contributed by atoms with E-state index in [4.69, 9.17) is 23.2 Å². The van der Waals surface area contributed by atoms with Crippen LogP contribution in [-0.2, 0) is 0 Å². The highest BCUT2D eigenvalue weighted by Crippen LogP contribution is 2.32. The lowest BCUT2D eigenvalue weighted by molar-refractivity contribution is 1.21. The fraction of sp³-hybridized carbons (Fsp3) is 0.0741. The fourth-order valence-electron chi connectivity index (χ4n) is 7.13. The largest absolute Gasteiger partial charge is 0.0843 e. The summed E-state index contributed by atoms with van der Waals surface area (Å²) >= 11 is 12.4. The first kappa shape index (κ1) is 38.4. The second-order valence-corrected chi connectivity index (χ2v) is 15.1. The average Bonchev–Trinajstić information content (AvgIpc) is 3.23. The summed E-state index contributed by atoms with van der Waals surface area (Å²) in [6.07, 6.45) is 13.5. The molecule has 56 heavy (non-hydrogen) atoms. The van der Waals surface area contributed by atoms with Crippen LogP contribution in [0.15, 0.2) is 158 Å². The maximum Gasteiger partial charge on any atom is 0.0406 e. The van der Waals surface area contributed by atoms with E-state index in [1.165, 1.54) is 44.5 Å². The van der Waals surface area contributed by atoms with Crippen LogP contribution in [0.5, 0.6) is 0 Å². The van der Waals surface area contributed by atoms with E-state index in [2.05, 4.69) is 185 Å². The molecule has 0 bridgehead atoms. The van der Waals surface area contributed by atoms with Crippen molar-refractivity contribution in [1.29, 1.82) is 0 Å². The molecule has 0 amide bonds. The van der Waals surface area contributed by atoms with Crippen LogP contribution in [0.3, 0.4) is 0 Å². The van der Waals surface area contributed by atoms with Crippen molar-refractivity contribution in [2.75, 3.05) is 0 Å². The normalized spacial score (nSPS) is 12.2. The third kappa shape index (κ3) is 9.12. The molecular formula is C54H44Cl2. The molecule has 0 fully saturated rings. The first-order valence-electron chi connectivity index (χ1n) is 19.0. The topological polar surface area (TPSA) is 0 Å². The van der Waals surface area contributed by atoms with Gasteiger partial charge >= 0.3 is 0 Å². The summed E-state index contributed by atoms with van der Waals surface area (Å²) in [5, 5.41) is 1.47. The van der Waals surface area contributed by atoms with E-state index in [-0.39, 0.29) is 0 Å². The Balaban J connectivity index is 1.09. The molecule has 7 aromatic carbocycles. The molecule has 274 valence electrons. The molecule has 0 spiro atoms. The Morgan fingerprint density at radius 1 is 0.321 bits per heavy atom. The first-order chi connectivity index (χ1) is 27.2. The van der Waals surface area contributed by atoms with Gasteiger partial charge in [-0.05, 0) is 153 Å². The zero-order valence-corrected chi connectivity index (χ0v) is 33.7. The molecule has 2 heteroatoms. The predicted octanol–water partition coefficient (Wildman–Crippen LogP) is 15.7. The van der Waals surface area contributed by atoms with Gasteiger partial charge in [0.2, 0.25) is 0 Å². The molecule has 0 radical (unpaired) electrons.